The van der Waals surface area contributed by atoms with Gasteiger partial charge < -0.3 is 14.6 Å². The van der Waals surface area contributed by atoms with Gasteiger partial charge in [-0.1, -0.05) is 29.4 Å². The first kappa shape index (κ1) is 22.5. The number of carbonyl (C=O) groups excluding carboxylic acids is 1. The van der Waals surface area contributed by atoms with Crippen LogP contribution in [0.15, 0.2) is 57.9 Å². The fraction of sp³-hybridized carbons (Fsp3) is 0.273. The Morgan fingerprint density at radius 2 is 1.77 bits per heavy atom. The van der Waals surface area contributed by atoms with E-state index in [1.807, 2.05) is 45.0 Å². The van der Waals surface area contributed by atoms with Crippen molar-refractivity contribution in [2.45, 2.75) is 44.7 Å². The molecular formula is C22H25N3O5S. The lowest BCUT2D eigenvalue weighted by Gasteiger charge is -2.15. The third kappa shape index (κ3) is 5.93. The number of aromatic nitrogens is 1. The zero-order valence-corrected chi connectivity index (χ0v) is 18.4. The van der Waals surface area contributed by atoms with Gasteiger partial charge in [0.25, 0.3) is 0 Å². The molecule has 0 bridgehead atoms. The number of carbonyl (C=O) groups is 1. The number of nitrogens with two attached hydrogens (primary N) is 1. The van der Waals surface area contributed by atoms with Crippen LogP contribution in [0.4, 0.5) is 0 Å². The first-order chi connectivity index (χ1) is 14.6. The number of hydrogen-bond acceptors (Lipinski definition) is 6. The molecule has 1 aromatic heterocycles. The molecule has 0 saturated carbocycles. The standard InChI is InChI=1S/C22H25N3O5S/c1-14(18-6-10-20(11-7-18)31(23,27)28)24-22(26)12-17-4-8-19(9-5-17)29-13-21-15(2)25-30-16(21)3/h4-11,14H,12-13H2,1-3H3,(H,24,26)(H2,23,27,28)/t14-/m0/s1. The third-order valence-corrected chi connectivity index (χ3v) is 5.87. The zero-order chi connectivity index (χ0) is 22.6. The van der Waals surface area contributed by atoms with Crippen LogP contribution >= 0.6 is 0 Å². The van der Waals surface area contributed by atoms with Crippen molar-refractivity contribution in [3.05, 3.63) is 76.7 Å². The number of primary sulfonamides is 1. The minimum atomic E-state index is -3.74. The van der Waals surface area contributed by atoms with Crippen LogP contribution in [0.2, 0.25) is 0 Å². The van der Waals surface area contributed by atoms with E-state index in [4.69, 9.17) is 14.4 Å². The predicted molar refractivity (Wildman–Crippen MR) is 115 cm³/mol. The topological polar surface area (TPSA) is 125 Å². The molecule has 0 spiro atoms. The molecule has 8 nitrogen and oxygen atoms in total. The number of nitrogens with one attached hydrogen (secondary N) is 1. The second-order valence-corrected chi connectivity index (χ2v) is 8.88. The molecule has 164 valence electrons. The summed E-state index contributed by atoms with van der Waals surface area (Å²) in [5.41, 5.74) is 3.36. The summed E-state index contributed by atoms with van der Waals surface area (Å²) in [6.45, 7) is 5.90. The van der Waals surface area contributed by atoms with Crippen molar-refractivity contribution in [3.63, 3.8) is 0 Å². The van der Waals surface area contributed by atoms with Crippen molar-refractivity contribution in [3.8, 4) is 5.75 Å². The van der Waals surface area contributed by atoms with Gasteiger partial charge in [-0.2, -0.15) is 0 Å². The van der Waals surface area contributed by atoms with E-state index in [-0.39, 0.29) is 23.3 Å². The number of hydrogen-bond donors (Lipinski definition) is 2. The maximum atomic E-state index is 12.4. The predicted octanol–water partition coefficient (Wildman–Crippen LogP) is 2.94. The smallest absolute Gasteiger partial charge is 0.238 e. The van der Waals surface area contributed by atoms with Crippen molar-refractivity contribution < 1.29 is 22.5 Å². The van der Waals surface area contributed by atoms with Crippen LogP contribution in [0.3, 0.4) is 0 Å². The molecule has 1 amide bonds. The Hall–Kier alpha value is -3.17. The minimum Gasteiger partial charge on any atom is -0.489 e. The number of amides is 1. The molecule has 3 rings (SSSR count). The zero-order valence-electron chi connectivity index (χ0n) is 17.6. The molecule has 0 fully saturated rings. The first-order valence-electron chi connectivity index (χ1n) is 9.69. The summed E-state index contributed by atoms with van der Waals surface area (Å²) in [6, 6.07) is 13.2. The Morgan fingerprint density at radius 1 is 1.13 bits per heavy atom. The average molecular weight is 444 g/mol. The molecule has 3 aromatic rings. The molecule has 0 unspecified atom stereocenters. The molecule has 0 aliphatic heterocycles. The molecule has 1 atom stereocenters. The molecule has 31 heavy (non-hydrogen) atoms. The Kier molecular flexibility index (Phi) is 6.77. The van der Waals surface area contributed by atoms with Gasteiger partial charge in [-0.25, -0.2) is 13.6 Å². The number of ether oxygens (including phenoxy) is 1. The summed E-state index contributed by atoms with van der Waals surface area (Å²) >= 11 is 0. The van der Waals surface area contributed by atoms with Crippen molar-refractivity contribution in [2.24, 2.45) is 5.14 Å². The van der Waals surface area contributed by atoms with E-state index in [0.29, 0.717) is 12.4 Å². The van der Waals surface area contributed by atoms with E-state index in [1.54, 1.807) is 12.1 Å². The fourth-order valence-corrected chi connectivity index (χ4v) is 3.59. The van der Waals surface area contributed by atoms with Crippen LogP contribution in [0.25, 0.3) is 0 Å². The highest BCUT2D eigenvalue weighted by molar-refractivity contribution is 7.89. The van der Waals surface area contributed by atoms with Crippen molar-refractivity contribution in [2.75, 3.05) is 0 Å². The Morgan fingerprint density at radius 3 is 2.32 bits per heavy atom. The van der Waals surface area contributed by atoms with Gasteiger partial charge in [0.15, 0.2) is 0 Å². The van der Waals surface area contributed by atoms with Gasteiger partial charge in [0.05, 0.1) is 28.6 Å². The highest BCUT2D eigenvalue weighted by atomic mass is 32.2. The van der Waals surface area contributed by atoms with E-state index >= 15 is 0 Å². The van der Waals surface area contributed by atoms with Crippen molar-refractivity contribution in [1.82, 2.24) is 10.5 Å². The molecular weight excluding hydrogens is 418 g/mol. The summed E-state index contributed by atoms with van der Waals surface area (Å²) in [5.74, 6) is 1.28. The Labute approximate surface area is 181 Å². The molecule has 9 heteroatoms. The molecule has 0 radical (unpaired) electrons. The van der Waals surface area contributed by atoms with E-state index in [1.165, 1.54) is 12.1 Å². The lowest BCUT2D eigenvalue weighted by molar-refractivity contribution is -0.121. The highest BCUT2D eigenvalue weighted by Crippen LogP contribution is 2.19. The summed E-state index contributed by atoms with van der Waals surface area (Å²) in [4.78, 5) is 12.4. The van der Waals surface area contributed by atoms with Gasteiger partial charge in [0.2, 0.25) is 15.9 Å². The van der Waals surface area contributed by atoms with Crippen LogP contribution in [0.1, 0.15) is 41.1 Å². The van der Waals surface area contributed by atoms with Crippen molar-refractivity contribution in [1.29, 1.82) is 0 Å². The third-order valence-electron chi connectivity index (χ3n) is 4.94. The van der Waals surface area contributed by atoms with E-state index in [2.05, 4.69) is 10.5 Å². The largest absolute Gasteiger partial charge is 0.489 e. The van der Waals surface area contributed by atoms with Gasteiger partial charge in [-0.05, 0) is 56.2 Å². The van der Waals surface area contributed by atoms with Crippen LogP contribution in [-0.2, 0) is 27.8 Å². The Balaban J connectivity index is 1.53. The van der Waals surface area contributed by atoms with E-state index in [0.717, 1.165) is 28.1 Å². The molecule has 3 N–H and O–H groups in total. The fourth-order valence-electron chi connectivity index (χ4n) is 3.07. The summed E-state index contributed by atoms with van der Waals surface area (Å²) in [7, 11) is -3.74. The van der Waals surface area contributed by atoms with Crippen LogP contribution in [0.5, 0.6) is 5.75 Å². The van der Waals surface area contributed by atoms with E-state index in [9.17, 15) is 13.2 Å². The van der Waals surface area contributed by atoms with Gasteiger partial charge in [-0.3, -0.25) is 4.79 Å². The van der Waals surface area contributed by atoms with Crippen molar-refractivity contribution >= 4 is 15.9 Å². The van der Waals surface area contributed by atoms with E-state index < -0.39 is 10.0 Å². The minimum absolute atomic E-state index is 0.0337. The van der Waals surface area contributed by atoms with Crippen LogP contribution in [0, 0.1) is 13.8 Å². The molecule has 0 aliphatic rings. The van der Waals surface area contributed by atoms with Crippen LogP contribution in [-0.4, -0.2) is 19.5 Å². The quantitative estimate of drug-likeness (QED) is 0.551. The normalized spacial score (nSPS) is 12.4. The lowest BCUT2D eigenvalue weighted by atomic mass is 10.1. The summed E-state index contributed by atoms with van der Waals surface area (Å²) < 4.78 is 33.6. The van der Waals surface area contributed by atoms with Crippen LogP contribution < -0.4 is 15.2 Å². The first-order valence-corrected chi connectivity index (χ1v) is 11.2. The monoisotopic (exact) mass is 443 g/mol. The molecule has 1 heterocycles. The van der Waals surface area contributed by atoms with Gasteiger partial charge in [0, 0.05) is 0 Å². The maximum absolute atomic E-state index is 12.4. The summed E-state index contributed by atoms with van der Waals surface area (Å²) in [6.07, 6.45) is 0.212. The highest BCUT2D eigenvalue weighted by Gasteiger charge is 2.13. The van der Waals surface area contributed by atoms with Gasteiger partial charge in [-0.15, -0.1) is 0 Å². The summed E-state index contributed by atoms with van der Waals surface area (Å²) in [5, 5.41) is 11.9. The second-order valence-electron chi connectivity index (χ2n) is 7.32. The number of aryl methyl sites for hydroxylation is 2. The molecule has 0 aliphatic carbocycles. The number of rotatable bonds is 8. The number of sulfonamides is 1. The maximum Gasteiger partial charge on any atom is 0.238 e. The molecule has 0 saturated heterocycles. The van der Waals surface area contributed by atoms with Gasteiger partial charge >= 0.3 is 0 Å². The SMILES string of the molecule is Cc1noc(C)c1COc1ccc(CC(=O)N[C@@H](C)c2ccc(S(N)(=O)=O)cc2)cc1. The second kappa shape index (κ2) is 9.32. The Bertz CT molecular complexity index is 1130. The lowest BCUT2D eigenvalue weighted by Crippen LogP contribution is -2.28. The van der Waals surface area contributed by atoms with Gasteiger partial charge in [0.1, 0.15) is 18.1 Å². The number of nitrogens with zero attached hydrogens (tertiary/aromatic N) is 1. The average Bonchev–Trinajstić information content (AvgIpc) is 3.04. The molecule has 2 aromatic carbocycles. The number of benzene rings is 2.